The van der Waals surface area contributed by atoms with Crippen LogP contribution in [0.5, 0.6) is 11.5 Å². The number of nitrogens with zero attached hydrogens (tertiary/aromatic N) is 4. The van der Waals surface area contributed by atoms with Crippen LogP contribution in [-0.2, 0) is 11.3 Å². The zero-order chi connectivity index (χ0) is 31.3. The molecule has 0 radical (unpaired) electrons. The lowest BCUT2D eigenvalue weighted by molar-refractivity contribution is -0.136. The van der Waals surface area contributed by atoms with Crippen LogP contribution in [0.4, 0.5) is 19.7 Å². The second-order valence-corrected chi connectivity index (χ2v) is 12.0. The summed E-state index contributed by atoms with van der Waals surface area (Å²) in [5.74, 6) is -1.04. The number of aliphatic carboxylic acids is 1. The first-order valence-corrected chi connectivity index (χ1v) is 15.5. The summed E-state index contributed by atoms with van der Waals surface area (Å²) in [6.45, 7) is 3.34. The number of carboxylic acid groups (broad SMARTS) is 1. The molecule has 12 nitrogen and oxygen atoms in total. The normalized spacial score (nSPS) is 15.1. The molecule has 14 heteroatoms. The van der Waals surface area contributed by atoms with Crippen LogP contribution in [0.15, 0.2) is 54.9 Å². The lowest BCUT2D eigenvalue weighted by atomic mass is 10.2. The lowest BCUT2D eigenvalue weighted by Gasteiger charge is -2.34. The van der Waals surface area contributed by atoms with Crippen molar-refractivity contribution in [1.29, 1.82) is 0 Å². The fourth-order valence-corrected chi connectivity index (χ4v) is 5.94. The fraction of sp³-hybridized carbons (Fsp3) is 0.323. The standard InChI is InChI=1S/C31H32FN7O5S/c32-22-15-21(37-30(42)36-20-2-3-20)4-6-25(22)44-26-7-9-33-24-16-27(45-29(24)26)23-5-1-19(17-35-23)18-38-11-13-39(14-12-38)31(43)34-10-8-28(40)41/h1,4-7,9,15-17,20H,2-3,8,10-14,18H2,(H,34,43)(H,40,41)(H2,36,37,42). The summed E-state index contributed by atoms with van der Waals surface area (Å²) < 4.78 is 21.6. The zero-order valence-corrected chi connectivity index (χ0v) is 25.1. The van der Waals surface area contributed by atoms with Crippen LogP contribution >= 0.6 is 11.3 Å². The van der Waals surface area contributed by atoms with Crippen LogP contribution in [0.25, 0.3) is 20.8 Å². The number of nitrogens with one attached hydrogen (secondary N) is 3. The van der Waals surface area contributed by atoms with E-state index in [1.54, 1.807) is 23.2 Å². The first-order valence-electron chi connectivity index (χ1n) is 14.7. The molecule has 1 saturated carbocycles. The number of halogens is 1. The van der Waals surface area contributed by atoms with Crippen molar-refractivity contribution < 1.29 is 28.6 Å². The van der Waals surface area contributed by atoms with Crippen LogP contribution < -0.4 is 20.7 Å². The molecule has 0 unspecified atom stereocenters. The molecule has 1 aromatic carbocycles. The van der Waals surface area contributed by atoms with Gasteiger partial charge in [0.05, 0.1) is 27.2 Å². The van der Waals surface area contributed by atoms with Crippen molar-refractivity contribution in [2.24, 2.45) is 0 Å². The minimum atomic E-state index is -0.942. The molecule has 4 N–H and O–H groups in total. The first-order chi connectivity index (χ1) is 21.8. The molecule has 6 rings (SSSR count). The Labute approximate surface area is 262 Å². The zero-order valence-electron chi connectivity index (χ0n) is 24.3. The number of fused-ring (bicyclic) bond motifs is 1. The van der Waals surface area contributed by atoms with E-state index in [0.717, 1.165) is 33.7 Å². The van der Waals surface area contributed by atoms with Gasteiger partial charge in [0.2, 0.25) is 0 Å². The molecule has 3 aromatic heterocycles. The van der Waals surface area contributed by atoms with E-state index < -0.39 is 11.8 Å². The number of amides is 4. The third-order valence-electron chi connectivity index (χ3n) is 7.46. The van der Waals surface area contributed by atoms with Crippen molar-refractivity contribution in [3.63, 3.8) is 0 Å². The molecule has 4 heterocycles. The number of carboxylic acids is 1. The maximum Gasteiger partial charge on any atom is 0.319 e. The predicted molar refractivity (Wildman–Crippen MR) is 167 cm³/mol. The van der Waals surface area contributed by atoms with Crippen LogP contribution in [0.2, 0.25) is 0 Å². The topological polar surface area (TPSA) is 149 Å². The quantitative estimate of drug-likeness (QED) is 0.193. The number of urea groups is 2. The van der Waals surface area contributed by atoms with Gasteiger partial charge in [0.15, 0.2) is 11.6 Å². The second-order valence-electron chi connectivity index (χ2n) is 10.9. The third-order valence-corrected chi connectivity index (χ3v) is 8.62. The Morgan fingerprint density at radius 2 is 1.84 bits per heavy atom. The fourth-order valence-electron chi connectivity index (χ4n) is 4.90. The van der Waals surface area contributed by atoms with Gasteiger partial charge >= 0.3 is 18.0 Å². The minimum absolute atomic E-state index is 0.0349. The molecule has 45 heavy (non-hydrogen) atoms. The maximum absolute atomic E-state index is 14.9. The molecule has 0 bridgehead atoms. The summed E-state index contributed by atoms with van der Waals surface area (Å²) in [5, 5.41) is 16.8. The summed E-state index contributed by atoms with van der Waals surface area (Å²) in [4.78, 5) is 48.8. The van der Waals surface area contributed by atoms with Gasteiger partial charge in [-0.3, -0.25) is 19.7 Å². The highest BCUT2D eigenvalue weighted by atomic mass is 32.1. The highest BCUT2D eigenvalue weighted by molar-refractivity contribution is 7.22. The number of benzene rings is 1. The number of hydrogen-bond donors (Lipinski definition) is 4. The van der Waals surface area contributed by atoms with Gasteiger partial charge < -0.3 is 30.7 Å². The average molecular weight is 634 g/mol. The van der Waals surface area contributed by atoms with E-state index in [1.807, 2.05) is 24.4 Å². The van der Waals surface area contributed by atoms with Crippen molar-refractivity contribution in [2.75, 3.05) is 38.0 Å². The SMILES string of the molecule is O=C(O)CCNC(=O)N1CCN(Cc2ccc(-c3cc4nccc(Oc5ccc(NC(=O)NC6CC6)cc5F)c4s3)nc2)CC1. The summed E-state index contributed by atoms with van der Waals surface area (Å²) in [7, 11) is 0. The van der Waals surface area contributed by atoms with Gasteiger partial charge in [0.1, 0.15) is 5.75 Å². The monoisotopic (exact) mass is 633 g/mol. The molecule has 0 atom stereocenters. The number of rotatable bonds is 10. The number of thiophene rings is 1. The van der Waals surface area contributed by atoms with E-state index in [-0.39, 0.29) is 36.8 Å². The summed E-state index contributed by atoms with van der Waals surface area (Å²) >= 11 is 1.45. The van der Waals surface area contributed by atoms with Crippen molar-refractivity contribution in [1.82, 2.24) is 30.4 Å². The van der Waals surface area contributed by atoms with Gasteiger partial charge in [-0.2, -0.15) is 0 Å². The van der Waals surface area contributed by atoms with Gasteiger partial charge in [-0.1, -0.05) is 6.07 Å². The number of hydrogen-bond acceptors (Lipinski definition) is 8. The molecule has 2 fully saturated rings. The van der Waals surface area contributed by atoms with Crippen LogP contribution in [-0.4, -0.2) is 81.7 Å². The van der Waals surface area contributed by atoms with Gasteiger partial charge in [-0.25, -0.2) is 14.0 Å². The largest absolute Gasteiger partial charge is 0.481 e. The van der Waals surface area contributed by atoms with Gasteiger partial charge in [-0.05, 0) is 42.7 Å². The van der Waals surface area contributed by atoms with Gasteiger partial charge in [-0.15, -0.1) is 11.3 Å². The lowest BCUT2D eigenvalue weighted by Crippen LogP contribution is -2.51. The molecule has 4 aromatic rings. The summed E-state index contributed by atoms with van der Waals surface area (Å²) in [6.07, 6.45) is 5.27. The molecule has 4 amide bonds. The molecule has 1 aliphatic carbocycles. The van der Waals surface area contributed by atoms with Crippen molar-refractivity contribution in [2.45, 2.75) is 31.8 Å². The van der Waals surface area contributed by atoms with E-state index in [4.69, 9.17) is 9.84 Å². The van der Waals surface area contributed by atoms with E-state index >= 15 is 0 Å². The van der Waals surface area contributed by atoms with Crippen LogP contribution in [0.1, 0.15) is 24.8 Å². The highest BCUT2D eigenvalue weighted by Gasteiger charge is 2.24. The van der Waals surface area contributed by atoms with E-state index in [0.29, 0.717) is 49.7 Å². The first kappa shape index (κ1) is 30.2. The number of ether oxygens (including phenoxy) is 1. The second kappa shape index (κ2) is 13.4. The van der Waals surface area contributed by atoms with E-state index in [2.05, 4.69) is 30.8 Å². The maximum atomic E-state index is 14.9. The molecule has 1 saturated heterocycles. The van der Waals surface area contributed by atoms with Crippen molar-refractivity contribution >= 4 is 45.3 Å². The Bertz CT molecular complexity index is 1700. The van der Waals surface area contributed by atoms with Gasteiger partial charge in [0.25, 0.3) is 0 Å². The molecule has 0 spiro atoms. The highest BCUT2D eigenvalue weighted by Crippen LogP contribution is 2.39. The van der Waals surface area contributed by atoms with E-state index in [1.165, 1.54) is 23.5 Å². The Hall–Kier alpha value is -4.82. The average Bonchev–Trinajstić information content (AvgIpc) is 3.72. The number of piperazine rings is 1. The Morgan fingerprint density at radius 3 is 2.56 bits per heavy atom. The molecular weight excluding hydrogens is 601 g/mol. The van der Waals surface area contributed by atoms with Gasteiger partial charge in [0, 0.05) is 75.5 Å². The number of aromatic nitrogens is 2. The number of carbonyl (C=O) groups excluding carboxylic acids is 2. The number of anilines is 1. The predicted octanol–water partition coefficient (Wildman–Crippen LogP) is 4.88. The minimum Gasteiger partial charge on any atom is -0.481 e. The van der Waals surface area contributed by atoms with Crippen molar-refractivity contribution in [3.8, 4) is 22.1 Å². The number of pyridine rings is 2. The molecular formula is C31H32FN7O5S. The molecule has 2 aliphatic rings. The Balaban J connectivity index is 1.05. The summed E-state index contributed by atoms with van der Waals surface area (Å²) in [6, 6.07) is 11.5. The van der Waals surface area contributed by atoms with Crippen LogP contribution in [0.3, 0.4) is 0 Å². The van der Waals surface area contributed by atoms with Crippen LogP contribution in [0, 0.1) is 5.82 Å². The third kappa shape index (κ3) is 7.83. The van der Waals surface area contributed by atoms with E-state index in [9.17, 15) is 18.8 Å². The number of carbonyl (C=O) groups is 3. The molecule has 1 aliphatic heterocycles. The summed E-state index contributed by atoms with van der Waals surface area (Å²) in [5.41, 5.74) is 2.87. The molecule has 234 valence electrons. The Morgan fingerprint density at radius 1 is 1.02 bits per heavy atom. The smallest absolute Gasteiger partial charge is 0.319 e. The van der Waals surface area contributed by atoms with Crippen molar-refractivity contribution in [3.05, 3.63) is 66.2 Å². The Kier molecular flexibility index (Phi) is 9.03.